The molecule has 0 heterocycles. The van der Waals surface area contributed by atoms with Crippen LogP contribution in [0.4, 0.5) is 26.3 Å². The van der Waals surface area contributed by atoms with Gasteiger partial charge in [0.05, 0.1) is 14.2 Å². The number of ether oxygens (including phenoxy) is 2. The normalized spacial score (nSPS) is 11.0. The smallest absolute Gasteiger partial charge is 0.462 e. The fourth-order valence-electron chi connectivity index (χ4n) is 0.231. The molecule has 96 valence electrons. The second-order valence-corrected chi connectivity index (χ2v) is 1.98. The van der Waals surface area contributed by atoms with Crippen molar-refractivity contribution in [1.82, 2.24) is 0 Å². The molecule has 0 rings (SSSR count). The van der Waals surface area contributed by atoms with Crippen molar-refractivity contribution in [2.45, 2.75) is 12.4 Å². The summed E-state index contributed by atoms with van der Waals surface area (Å²) in [5.41, 5.74) is 0. The Bertz CT molecular complexity index is 216. The summed E-state index contributed by atoms with van der Waals surface area (Å²) in [6.07, 6.45) is -9.70. The van der Waals surface area contributed by atoms with Gasteiger partial charge in [-0.2, -0.15) is 26.3 Å². The zero-order valence-corrected chi connectivity index (χ0v) is 7.90. The third-order valence-electron chi connectivity index (χ3n) is 0.834. The maximum atomic E-state index is 11.0. The molecule has 0 aliphatic rings. The lowest BCUT2D eigenvalue weighted by Gasteiger charge is -1.99. The van der Waals surface area contributed by atoms with Gasteiger partial charge in [0.25, 0.3) is 0 Å². The van der Waals surface area contributed by atoms with Crippen molar-refractivity contribution in [3.8, 4) is 0 Å². The highest BCUT2D eigenvalue weighted by Crippen LogP contribution is 2.15. The van der Waals surface area contributed by atoms with Crippen LogP contribution in [0.25, 0.3) is 0 Å². The van der Waals surface area contributed by atoms with Gasteiger partial charge in [0.15, 0.2) is 0 Å². The van der Waals surface area contributed by atoms with Gasteiger partial charge in [0.2, 0.25) is 0 Å². The monoisotopic (exact) mass is 256 g/mol. The Labute approximate surface area is 85.1 Å². The molecule has 0 atom stereocenters. The van der Waals surface area contributed by atoms with Crippen molar-refractivity contribution >= 4 is 11.9 Å². The van der Waals surface area contributed by atoms with Crippen LogP contribution in [-0.4, -0.2) is 38.5 Å². The lowest BCUT2D eigenvalue weighted by atomic mass is 10.7. The third-order valence-corrected chi connectivity index (χ3v) is 0.834. The Hall–Kier alpha value is -1.48. The molecule has 0 saturated carbocycles. The number of halogens is 6. The second kappa shape index (κ2) is 6.18. The van der Waals surface area contributed by atoms with Gasteiger partial charge in [-0.05, 0) is 0 Å². The summed E-state index contributed by atoms with van der Waals surface area (Å²) in [7, 11) is 1.35. The Balaban J connectivity index is 0. The summed E-state index contributed by atoms with van der Waals surface area (Å²) < 4.78 is 72.6. The van der Waals surface area contributed by atoms with Crippen molar-refractivity contribution in [3.63, 3.8) is 0 Å². The summed E-state index contributed by atoms with van der Waals surface area (Å²) in [5, 5.41) is 0. The van der Waals surface area contributed by atoms with E-state index in [0.29, 0.717) is 14.2 Å². The highest BCUT2D eigenvalue weighted by atomic mass is 19.4. The third kappa shape index (κ3) is 7.88. The molecule has 0 fully saturated rings. The van der Waals surface area contributed by atoms with Gasteiger partial charge in [-0.1, -0.05) is 0 Å². The molecule has 0 radical (unpaired) electrons. The number of hydrogen-bond donors (Lipinski definition) is 0. The van der Waals surface area contributed by atoms with E-state index in [4.69, 9.17) is 0 Å². The zero-order chi connectivity index (χ0) is 13.6. The number of methoxy groups -OCH3 is 2. The predicted molar refractivity (Wildman–Crippen MR) is 36.1 cm³/mol. The van der Waals surface area contributed by atoms with E-state index in [1.807, 2.05) is 0 Å². The van der Waals surface area contributed by atoms with Crippen LogP contribution in [0, 0.1) is 0 Å². The summed E-state index contributed by atoms with van der Waals surface area (Å²) in [5.74, 6) is -4.34. The molecule has 0 aromatic carbocycles. The first-order chi connectivity index (χ1) is 6.96. The van der Waals surface area contributed by atoms with Crippen LogP contribution in [0.3, 0.4) is 0 Å². The number of hydrogen-bond acceptors (Lipinski definition) is 4. The predicted octanol–water partition coefficient (Wildman–Crippen LogP) is 1.44. The molecular formula is C6H6F6O4. The van der Waals surface area contributed by atoms with E-state index in [1.54, 1.807) is 0 Å². The first-order valence-corrected chi connectivity index (χ1v) is 3.27. The molecule has 4 nitrogen and oxygen atoms in total. The molecule has 0 saturated heterocycles. The quantitative estimate of drug-likeness (QED) is 0.486. The van der Waals surface area contributed by atoms with Gasteiger partial charge in [-0.15, -0.1) is 0 Å². The van der Waals surface area contributed by atoms with Crippen LogP contribution in [-0.2, 0) is 19.1 Å². The molecule has 0 bridgehead atoms. The Morgan fingerprint density at radius 2 is 0.938 bits per heavy atom. The molecule has 0 aromatic rings. The molecule has 0 amide bonds. The summed E-state index contributed by atoms with van der Waals surface area (Å²) in [4.78, 5) is 19.0. The minimum absolute atomic E-state index is 0.676. The van der Waals surface area contributed by atoms with E-state index in [-0.39, 0.29) is 0 Å². The molecule has 0 aromatic heterocycles. The van der Waals surface area contributed by atoms with Crippen molar-refractivity contribution in [2.24, 2.45) is 0 Å². The molecule has 0 aliphatic carbocycles. The number of carbonyl (C=O) groups excluding carboxylic acids is 2. The van der Waals surface area contributed by atoms with Crippen molar-refractivity contribution in [2.75, 3.05) is 14.2 Å². The fraction of sp³-hybridized carbons (Fsp3) is 0.667. The second-order valence-electron chi connectivity index (χ2n) is 1.98. The van der Waals surface area contributed by atoms with Crippen molar-refractivity contribution < 1.29 is 45.4 Å². The average Bonchev–Trinajstić information content (AvgIpc) is 2.13. The average molecular weight is 256 g/mol. The molecular weight excluding hydrogens is 250 g/mol. The number of rotatable bonds is 0. The van der Waals surface area contributed by atoms with Gasteiger partial charge in [-0.3, -0.25) is 0 Å². The van der Waals surface area contributed by atoms with E-state index in [9.17, 15) is 35.9 Å². The van der Waals surface area contributed by atoms with E-state index in [1.165, 1.54) is 0 Å². The fourth-order valence-corrected chi connectivity index (χ4v) is 0.231. The van der Waals surface area contributed by atoms with E-state index in [0.717, 1.165) is 0 Å². The standard InChI is InChI=1S/2C3H3F3O2/c2*1-8-2(7)3(4,5)6/h2*1H3. The van der Waals surface area contributed by atoms with Gasteiger partial charge in [0, 0.05) is 0 Å². The van der Waals surface area contributed by atoms with Gasteiger partial charge >= 0.3 is 24.3 Å². The Morgan fingerprint density at radius 1 is 0.750 bits per heavy atom. The zero-order valence-electron chi connectivity index (χ0n) is 7.90. The largest absolute Gasteiger partial charge is 0.490 e. The lowest BCUT2D eigenvalue weighted by Crippen LogP contribution is -2.23. The molecule has 0 N–H and O–H groups in total. The van der Waals surface area contributed by atoms with Crippen LogP contribution in [0.5, 0.6) is 0 Å². The number of alkyl halides is 6. The molecule has 0 unspecified atom stereocenters. The van der Waals surface area contributed by atoms with Crippen LogP contribution in [0.1, 0.15) is 0 Å². The molecule has 10 heteroatoms. The van der Waals surface area contributed by atoms with Crippen molar-refractivity contribution in [3.05, 3.63) is 0 Å². The SMILES string of the molecule is COC(=O)C(F)(F)F.COC(=O)C(F)(F)F. The summed E-state index contributed by atoms with van der Waals surface area (Å²) in [6, 6.07) is 0. The highest BCUT2D eigenvalue weighted by molar-refractivity contribution is 5.75. The first kappa shape index (κ1) is 16.9. The molecule has 16 heavy (non-hydrogen) atoms. The van der Waals surface area contributed by atoms with Crippen LogP contribution >= 0.6 is 0 Å². The molecule has 0 aliphatic heterocycles. The van der Waals surface area contributed by atoms with Crippen LogP contribution in [0.2, 0.25) is 0 Å². The van der Waals surface area contributed by atoms with Crippen molar-refractivity contribution in [1.29, 1.82) is 0 Å². The topological polar surface area (TPSA) is 52.6 Å². The first-order valence-electron chi connectivity index (χ1n) is 3.27. The van der Waals surface area contributed by atoms with Gasteiger partial charge < -0.3 is 9.47 Å². The minimum Gasteiger partial charge on any atom is -0.462 e. The van der Waals surface area contributed by atoms with Crippen LogP contribution < -0.4 is 0 Å². The van der Waals surface area contributed by atoms with E-state index in [2.05, 4.69) is 9.47 Å². The molecule has 0 spiro atoms. The number of esters is 2. The maximum Gasteiger partial charge on any atom is 0.490 e. The van der Waals surface area contributed by atoms with Crippen LogP contribution in [0.15, 0.2) is 0 Å². The van der Waals surface area contributed by atoms with E-state index < -0.39 is 24.3 Å². The van der Waals surface area contributed by atoms with Gasteiger partial charge in [0.1, 0.15) is 0 Å². The minimum atomic E-state index is -4.85. The summed E-state index contributed by atoms with van der Waals surface area (Å²) >= 11 is 0. The highest BCUT2D eigenvalue weighted by Gasteiger charge is 2.40. The summed E-state index contributed by atoms with van der Waals surface area (Å²) in [6.45, 7) is 0. The van der Waals surface area contributed by atoms with Gasteiger partial charge in [-0.25, -0.2) is 9.59 Å². The number of carbonyl (C=O) groups is 2. The Kier molecular flexibility index (Phi) is 6.54. The maximum absolute atomic E-state index is 11.0. The lowest BCUT2D eigenvalue weighted by molar-refractivity contribution is -0.196. The Morgan fingerprint density at radius 3 is 0.938 bits per heavy atom. The van der Waals surface area contributed by atoms with E-state index >= 15 is 0 Å².